The molecule has 2 heterocycles. The Morgan fingerprint density at radius 2 is 1.59 bits per heavy atom. The molecule has 1 aromatic heterocycles. The van der Waals surface area contributed by atoms with E-state index in [0.29, 0.717) is 0 Å². The van der Waals surface area contributed by atoms with Gasteiger partial charge in [-0.3, -0.25) is 4.79 Å². The normalized spacial score (nSPS) is 25.7. The van der Waals surface area contributed by atoms with Crippen molar-refractivity contribution in [3.63, 3.8) is 0 Å². The molecule has 0 unspecified atom stereocenters. The first kappa shape index (κ1) is 21.7. The van der Waals surface area contributed by atoms with Crippen molar-refractivity contribution in [1.82, 2.24) is 0 Å². The Bertz CT molecular complexity index is 1230. The van der Waals surface area contributed by atoms with Crippen LogP contribution in [0.3, 0.4) is 0 Å². The summed E-state index contributed by atoms with van der Waals surface area (Å²) in [6, 6.07) is 5.72. The van der Waals surface area contributed by atoms with E-state index < -0.39 is 59.1 Å². The summed E-state index contributed by atoms with van der Waals surface area (Å²) in [6.07, 6.45) is -6.75. The van der Waals surface area contributed by atoms with Crippen LogP contribution in [0.15, 0.2) is 39.5 Å². The van der Waals surface area contributed by atoms with Gasteiger partial charge < -0.3 is 49.6 Å². The van der Waals surface area contributed by atoms with E-state index in [1.54, 1.807) is 0 Å². The summed E-state index contributed by atoms with van der Waals surface area (Å²) in [5, 5.41) is 69.3. The minimum atomic E-state index is -1.61. The molecule has 0 bridgehead atoms. The van der Waals surface area contributed by atoms with E-state index >= 15 is 0 Å². The molecule has 1 fully saturated rings. The zero-order chi connectivity index (χ0) is 23.3. The van der Waals surface area contributed by atoms with Crippen LogP contribution in [0.1, 0.15) is 6.92 Å². The Balaban J connectivity index is 1.78. The molecule has 170 valence electrons. The third kappa shape index (κ3) is 3.56. The maximum Gasteiger partial charge on any atom is 0.238 e. The topological polar surface area (TPSA) is 190 Å². The fourth-order valence-electron chi connectivity index (χ4n) is 3.44. The van der Waals surface area contributed by atoms with Gasteiger partial charge in [0, 0.05) is 17.7 Å². The molecule has 0 amide bonds. The molecular formula is C21H20O11. The number of phenols is 3. The van der Waals surface area contributed by atoms with E-state index in [4.69, 9.17) is 13.9 Å². The molecule has 0 radical (unpaired) electrons. The molecule has 11 heteroatoms. The van der Waals surface area contributed by atoms with E-state index in [1.165, 1.54) is 19.1 Å². The van der Waals surface area contributed by atoms with Gasteiger partial charge in [-0.05, 0) is 25.1 Å². The summed E-state index contributed by atoms with van der Waals surface area (Å²) in [5.74, 6) is -2.80. The van der Waals surface area contributed by atoms with Gasteiger partial charge in [-0.15, -0.1) is 0 Å². The number of aliphatic hydroxyl groups is 3. The summed E-state index contributed by atoms with van der Waals surface area (Å²) >= 11 is 0. The quantitative estimate of drug-likeness (QED) is 0.276. The highest BCUT2D eigenvalue weighted by Gasteiger charge is 2.43. The molecule has 0 aliphatic carbocycles. The second kappa shape index (κ2) is 7.88. The lowest BCUT2D eigenvalue weighted by Crippen LogP contribution is -2.58. The second-order valence-electron chi connectivity index (χ2n) is 7.43. The summed E-state index contributed by atoms with van der Waals surface area (Å²) in [6.45, 7) is 1.47. The monoisotopic (exact) mass is 448 g/mol. The van der Waals surface area contributed by atoms with Gasteiger partial charge in [-0.2, -0.15) is 0 Å². The Kier molecular flexibility index (Phi) is 5.34. The van der Waals surface area contributed by atoms with Crippen LogP contribution < -0.4 is 10.2 Å². The van der Waals surface area contributed by atoms with Crippen molar-refractivity contribution in [2.45, 2.75) is 37.6 Å². The summed E-state index contributed by atoms with van der Waals surface area (Å²) in [4.78, 5) is 12.6. The minimum absolute atomic E-state index is 0.0691. The number of phenolic OH excluding ortho intramolecular Hbond substituents is 3. The Labute approximate surface area is 179 Å². The molecule has 32 heavy (non-hydrogen) atoms. The van der Waals surface area contributed by atoms with Crippen molar-refractivity contribution in [2.75, 3.05) is 0 Å². The maximum atomic E-state index is 12.6. The predicted molar refractivity (Wildman–Crippen MR) is 108 cm³/mol. The fraction of sp³-hybridized carbons (Fsp3) is 0.286. The van der Waals surface area contributed by atoms with Gasteiger partial charge in [-0.25, -0.2) is 0 Å². The summed E-state index contributed by atoms with van der Waals surface area (Å²) < 4.78 is 16.4. The highest BCUT2D eigenvalue weighted by molar-refractivity contribution is 5.88. The largest absolute Gasteiger partial charge is 0.507 e. The van der Waals surface area contributed by atoms with Crippen LogP contribution in [0.2, 0.25) is 0 Å². The van der Waals surface area contributed by atoms with Gasteiger partial charge in [0.2, 0.25) is 17.5 Å². The zero-order valence-electron chi connectivity index (χ0n) is 16.5. The van der Waals surface area contributed by atoms with Crippen molar-refractivity contribution in [3.8, 4) is 40.1 Å². The number of aliphatic hydroxyl groups excluding tert-OH is 3. The molecule has 1 aliphatic heterocycles. The third-order valence-electron chi connectivity index (χ3n) is 5.22. The number of rotatable bonds is 3. The van der Waals surface area contributed by atoms with Gasteiger partial charge >= 0.3 is 0 Å². The van der Waals surface area contributed by atoms with Gasteiger partial charge in [0.15, 0.2) is 17.3 Å². The molecule has 0 saturated carbocycles. The number of aromatic hydroxyl groups is 4. The van der Waals surface area contributed by atoms with E-state index in [0.717, 1.165) is 18.2 Å². The molecule has 1 saturated heterocycles. The molecule has 0 spiro atoms. The summed E-state index contributed by atoms with van der Waals surface area (Å²) in [5.41, 5.74) is -1.09. The first-order valence-electron chi connectivity index (χ1n) is 9.50. The highest BCUT2D eigenvalue weighted by Crippen LogP contribution is 2.38. The fourth-order valence-corrected chi connectivity index (χ4v) is 3.44. The maximum absolute atomic E-state index is 12.6. The number of fused-ring (bicyclic) bond motifs is 1. The molecule has 4 rings (SSSR count). The van der Waals surface area contributed by atoms with E-state index in [9.17, 15) is 40.5 Å². The van der Waals surface area contributed by atoms with Crippen LogP contribution in [0.4, 0.5) is 0 Å². The van der Waals surface area contributed by atoms with Crippen LogP contribution >= 0.6 is 0 Å². The average Bonchev–Trinajstić information content (AvgIpc) is 2.74. The smallest absolute Gasteiger partial charge is 0.238 e. The predicted octanol–water partition coefficient (Wildman–Crippen LogP) is 0.489. The molecule has 2 aromatic carbocycles. The number of benzene rings is 2. The Hall–Kier alpha value is -3.51. The molecule has 11 nitrogen and oxygen atoms in total. The molecule has 7 N–H and O–H groups in total. The third-order valence-corrected chi connectivity index (χ3v) is 5.22. The lowest BCUT2D eigenvalue weighted by molar-refractivity contribution is -0.268. The van der Waals surface area contributed by atoms with Crippen molar-refractivity contribution in [3.05, 3.63) is 40.6 Å². The number of ether oxygens (including phenoxy) is 2. The number of hydrogen-bond acceptors (Lipinski definition) is 11. The minimum Gasteiger partial charge on any atom is -0.507 e. The summed E-state index contributed by atoms with van der Waals surface area (Å²) in [7, 11) is 0. The lowest BCUT2D eigenvalue weighted by Gasteiger charge is -2.38. The Morgan fingerprint density at radius 1 is 0.875 bits per heavy atom. The molecule has 5 atom stereocenters. The number of hydrogen-bond donors (Lipinski definition) is 7. The van der Waals surface area contributed by atoms with Crippen LogP contribution in [0, 0.1) is 0 Å². The Morgan fingerprint density at radius 3 is 2.28 bits per heavy atom. The van der Waals surface area contributed by atoms with E-state index in [1.807, 2.05) is 0 Å². The lowest BCUT2D eigenvalue weighted by atomic mass is 10.00. The van der Waals surface area contributed by atoms with Crippen molar-refractivity contribution < 1.29 is 49.6 Å². The van der Waals surface area contributed by atoms with Crippen LogP contribution in [-0.4, -0.2) is 66.5 Å². The van der Waals surface area contributed by atoms with Crippen molar-refractivity contribution >= 4 is 11.0 Å². The first-order chi connectivity index (χ1) is 15.1. The average molecular weight is 448 g/mol. The van der Waals surface area contributed by atoms with Gasteiger partial charge in [0.1, 0.15) is 40.8 Å². The zero-order valence-corrected chi connectivity index (χ0v) is 16.5. The van der Waals surface area contributed by atoms with E-state index in [2.05, 4.69) is 0 Å². The molecule has 3 aromatic rings. The van der Waals surface area contributed by atoms with Crippen molar-refractivity contribution in [2.24, 2.45) is 0 Å². The first-order valence-corrected chi connectivity index (χ1v) is 9.50. The van der Waals surface area contributed by atoms with Crippen LogP contribution in [0.5, 0.6) is 28.7 Å². The van der Waals surface area contributed by atoms with E-state index in [-0.39, 0.29) is 28.0 Å². The van der Waals surface area contributed by atoms with Crippen molar-refractivity contribution in [1.29, 1.82) is 0 Å². The standard InChI is InChI=1S/C21H20O11/c1-7-15(25)17(27)19(29)21(30-7)31-9-5-12(24)14-13(6-9)32-20(18(28)16(14)26)8-2-3-10(22)11(23)4-8/h2-7,15,17,19,21-25,27-29H,1H3/t7-,15-,17-,19+,21-/m0/s1. The van der Waals surface area contributed by atoms with Gasteiger partial charge in [-0.1, -0.05) is 0 Å². The van der Waals surface area contributed by atoms with Crippen LogP contribution in [-0.2, 0) is 4.74 Å². The van der Waals surface area contributed by atoms with Crippen LogP contribution in [0.25, 0.3) is 22.3 Å². The van der Waals surface area contributed by atoms with Gasteiger partial charge in [0.25, 0.3) is 0 Å². The SMILES string of the molecule is C[C@@H]1O[C@@H](Oc2cc(O)c3c(=O)c(O)c(-c4ccc(O)c(O)c4)oc3c2)[C@H](O)[C@@H](O)[C@H]1O. The molecular weight excluding hydrogens is 428 g/mol. The van der Waals surface area contributed by atoms with Gasteiger partial charge in [0.05, 0.1) is 6.10 Å². The highest BCUT2D eigenvalue weighted by atomic mass is 16.7. The molecule has 1 aliphatic rings. The second-order valence-corrected chi connectivity index (χ2v) is 7.43.